The van der Waals surface area contributed by atoms with Crippen LogP contribution in [0.4, 0.5) is 10.6 Å². The Labute approximate surface area is 181 Å². The van der Waals surface area contributed by atoms with Crippen molar-refractivity contribution in [2.75, 3.05) is 18.0 Å². The molecule has 4 amide bonds. The highest BCUT2D eigenvalue weighted by Crippen LogP contribution is 2.47. The molecule has 5 rings (SSSR count). The third-order valence-corrected chi connectivity index (χ3v) is 7.07. The van der Waals surface area contributed by atoms with Gasteiger partial charge in [0.05, 0.1) is 11.6 Å². The van der Waals surface area contributed by atoms with Crippen molar-refractivity contribution < 1.29 is 14.4 Å². The van der Waals surface area contributed by atoms with Crippen molar-refractivity contribution in [2.45, 2.75) is 58.4 Å². The Hall–Kier alpha value is -2.96. The third kappa shape index (κ3) is 2.93. The molecule has 7 heteroatoms. The average Bonchev–Trinajstić information content (AvgIpc) is 2.76. The van der Waals surface area contributed by atoms with Gasteiger partial charge in [0.25, 0.3) is 0 Å². The van der Waals surface area contributed by atoms with E-state index in [4.69, 9.17) is 4.98 Å². The number of urea groups is 1. The van der Waals surface area contributed by atoms with Gasteiger partial charge in [-0.1, -0.05) is 25.0 Å². The summed E-state index contributed by atoms with van der Waals surface area (Å²) in [6, 6.07) is 7.36. The molecule has 1 aromatic heterocycles. The van der Waals surface area contributed by atoms with Crippen molar-refractivity contribution in [3.05, 3.63) is 35.4 Å². The summed E-state index contributed by atoms with van der Waals surface area (Å²) in [5, 5.41) is 3.53. The lowest BCUT2D eigenvalue weighted by molar-refractivity contribution is -0.154. The number of nitrogens with zero attached hydrogens (tertiary/aromatic N) is 3. The third-order valence-electron chi connectivity index (χ3n) is 7.07. The summed E-state index contributed by atoms with van der Waals surface area (Å²) in [7, 11) is 0. The quantitative estimate of drug-likeness (QED) is 0.771. The van der Waals surface area contributed by atoms with Gasteiger partial charge in [-0.3, -0.25) is 19.8 Å². The predicted molar refractivity (Wildman–Crippen MR) is 118 cm³/mol. The Morgan fingerprint density at radius 2 is 2.03 bits per heavy atom. The van der Waals surface area contributed by atoms with Crippen molar-refractivity contribution in [3.63, 3.8) is 0 Å². The largest absolute Gasteiger partial charge is 0.352 e. The first kappa shape index (κ1) is 20.0. The topological polar surface area (TPSA) is 82.6 Å². The number of fused-ring (bicyclic) bond motifs is 5. The van der Waals surface area contributed by atoms with Crippen LogP contribution in [0.5, 0.6) is 0 Å². The minimum atomic E-state index is -1.28. The van der Waals surface area contributed by atoms with Crippen molar-refractivity contribution in [1.29, 1.82) is 0 Å². The number of carbonyl (C=O) groups is 3. The first-order valence-corrected chi connectivity index (χ1v) is 11.3. The molecule has 2 saturated heterocycles. The second kappa shape index (κ2) is 7.32. The van der Waals surface area contributed by atoms with E-state index in [2.05, 4.69) is 28.4 Å². The van der Waals surface area contributed by atoms with Gasteiger partial charge >= 0.3 is 6.03 Å². The number of nitrogens with one attached hydrogen (secondary N) is 1. The molecule has 1 N–H and O–H groups in total. The van der Waals surface area contributed by atoms with Crippen LogP contribution in [0.25, 0.3) is 10.9 Å². The smallest absolute Gasteiger partial charge is 0.330 e. The number of aryl methyl sites for hydroxylation is 1. The number of amides is 4. The van der Waals surface area contributed by atoms with Crippen LogP contribution < -0.4 is 10.2 Å². The van der Waals surface area contributed by atoms with E-state index in [0.29, 0.717) is 6.54 Å². The number of unbranched alkanes of at least 4 members (excludes halogenated alkanes) is 1. The van der Waals surface area contributed by atoms with Crippen molar-refractivity contribution in [1.82, 2.24) is 15.2 Å². The SMILES string of the molecule is CCCCN1C(=O)NC(=O)[C@@]2(Cc3cc4cc(C)ccc4nc3N3CCCC[C@H]32)C1=O. The monoisotopic (exact) mass is 420 g/mol. The number of piperidine rings is 1. The summed E-state index contributed by atoms with van der Waals surface area (Å²) in [5.74, 6) is 0.0769. The molecule has 0 bridgehead atoms. The molecule has 3 aliphatic heterocycles. The number of hydrogen-bond acceptors (Lipinski definition) is 5. The summed E-state index contributed by atoms with van der Waals surface area (Å²) in [6.07, 6.45) is 4.55. The number of imide groups is 2. The van der Waals surface area contributed by atoms with E-state index >= 15 is 0 Å². The van der Waals surface area contributed by atoms with Crippen molar-refractivity contribution >= 4 is 34.6 Å². The second-order valence-corrected chi connectivity index (χ2v) is 9.09. The second-order valence-electron chi connectivity index (χ2n) is 9.09. The van der Waals surface area contributed by atoms with Crippen LogP contribution in [0.15, 0.2) is 24.3 Å². The van der Waals surface area contributed by atoms with E-state index in [1.165, 1.54) is 4.90 Å². The molecule has 31 heavy (non-hydrogen) atoms. The van der Waals surface area contributed by atoms with Crippen LogP contribution in [-0.4, -0.2) is 46.9 Å². The summed E-state index contributed by atoms with van der Waals surface area (Å²) in [5.41, 5.74) is 1.68. The molecule has 2 atom stereocenters. The van der Waals surface area contributed by atoms with E-state index in [9.17, 15) is 14.4 Å². The Kier molecular flexibility index (Phi) is 4.72. The summed E-state index contributed by atoms with van der Waals surface area (Å²) in [6.45, 7) is 5.15. The number of anilines is 1. The zero-order chi connectivity index (χ0) is 21.8. The lowest BCUT2D eigenvalue weighted by Crippen LogP contribution is -2.72. The number of benzene rings is 1. The molecule has 7 nitrogen and oxygen atoms in total. The maximum atomic E-state index is 13.8. The minimum Gasteiger partial charge on any atom is -0.352 e. The average molecular weight is 421 g/mol. The highest BCUT2D eigenvalue weighted by molar-refractivity contribution is 6.20. The highest BCUT2D eigenvalue weighted by atomic mass is 16.2. The molecule has 162 valence electrons. The van der Waals surface area contributed by atoms with Crippen LogP contribution in [0, 0.1) is 12.3 Å². The normalized spacial score (nSPS) is 25.6. The van der Waals surface area contributed by atoms with Gasteiger partial charge in [-0.05, 0) is 56.4 Å². The molecule has 0 unspecified atom stereocenters. The van der Waals surface area contributed by atoms with Gasteiger partial charge in [-0.25, -0.2) is 9.78 Å². The van der Waals surface area contributed by atoms with Gasteiger partial charge in [0.2, 0.25) is 11.8 Å². The Morgan fingerprint density at radius 1 is 1.19 bits per heavy atom. The molecule has 0 saturated carbocycles. The Bertz CT molecular complexity index is 1100. The predicted octanol–water partition coefficient (Wildman–Crippen LogP) is 3.32. The summed E-state index contributed by atoms with van der Waals surface area (Å²) >= 11 is 0. The zero-order valence-electron chi connectivity index (χ0n) is 18.1. The molecular weight excluding hydrogens is 392 g/mol. The number of barbiturate groups is 1. The molecule has 4 heterocycles. The lowest BCUT2D eigenvalue weighted by atomic mass is 9.66. The number of pyridine rings is 1. The van der Waals surface area contributed by atoms with Gasteiger partial charge in [0.15, 0.2) is 5.41 Å². The van der Waals surface area contributed by atoms with Crippen LogP contribution in [-0.2, 0) is 16.0 Å². The van der Waals surface area contributed by atoms with Gasteiger partial charge in [0.1, 0.15) is 5.82 Å². The molecule has 0 radical (unpaired) electrons. The molecule has 3 aliphatic rings. The maximum Gasteiger partial charge on any atom is 0.330 e. The Balaban J connectivity index is 1.66. The van der Waals surface area contributed by atoms with Crippen LogP contribution in [0.3, 0.4) is 0 Å². The summed E-state index contributed by atoms with van der Waals surface area (Å²) < 4.78 is 0. The first-order valence-electron chi connectivity index (χ1n) is 11.3. The van der Waals surface area contributed by atoms with E-state index in [1.807, 2.05) is 19.9 Å². The van der Waals surface area contributed by atoms with E-state index in [1.54, 1.807) is 0 Å². The van der Waals surface area contributed by atoms with E-state index in [-0.39, 0.29) is 18.4 Å². The van der Waals surface area contributed by atoms with Crippen molar-refractivity contribution in [2.24, 2.45) is 5.41 Å². The van der Waals surface area contributed by atoms with Gasteiger partial charge in [-0.15, -0.1) is 0 Å². The Morgan fingerprint density at radius 3 is 2.84 bits per heavy atom. The van der Waals surface area contributed by atoms with Crippen LogP contribution >= 0.6 is 0 Å². The molecule has 0 aliphatic carbocycles. The van der Waals surface area contributed by atoms with Gasteiger partial charge in [-0.2, -0.15) is 0 Å². The maximum absolute atomic E-state index is 13.8. The van der Waals surface area contributed by atoms with E-state index in [0.717, 1.165) is 66.5 Å². The first-order chi connectivity index (χ1) is 15.0. The molecular formula is C24H28N4O3. The highest BCUT2D eigenvalue weighted by Gasteiger charge is 2.62. The number of rotatable bonds is 3. The molecule has 2 aromatic rings. The zero-order valence-corrected chi connectivity index (χ0v) is 18.1. The number of carbonyl (C=O) groups excluding carboxylic acids is 3. The fourth-order valence-corrected chi connectivity index (χ4v) is 5.50. The fraction of sp³-hybridized carbons (Fsp3) is 0.500. The molecule has 2 fully saturated rings. The van der Waals surface area contributed by atoms with Crippen LogP contribution in [0.2, 0.25) is 0 Å². The van der Waals surface area contributed by atoms with Gasteiger partial charge in [0, 0.05) is 24.9 Å². The summed E-state index contributed by atoms with van der Waals surface area (Å²) in [4.78, 5) is 48.1. The van der Waals surface area contributed by atoms with Gasteiger partial charge < -0.3 is 4.90 Å². The number of hydrogen-bond donors (Lipinski definition) is 1. The minimum absolute atomic E-state index is 0.279. The lowest BCUT2D eigenvalue weighted by Gasteiger charge is -2.53. The van der Waals surface area contributed by atoms with E-state index < -0.39 is 17.4 Å². The van der Waals surface area contributed by atoms with Crippen LogP contribution in [0.1, 0.15) is 50.2 Å². The fourth-order valence-electron chi connectivity index (χ4n) is 5.50. The molecule has 1 aromatic carbocycles. The molecule has 1 spiro atoms. The van der Waals surface area contributed by atoms with Crippen molar-refractivity contribution in [3.8, 4) is 0 Å². The standard InChI is InChI=1S/C24H28N4O3/c1-3-4-10-28-22(30)24(21(29)26-23(28)31)14-17-13-16-12-15(2)8-9-18(16)25-20(17)27-11-6-5-7-19(24)27/h8-9,12-13,19H,3-7,10-11,14H2,1-2H3,(H,26,29,31)/t19-,24-/m0/s1. The number of aromatic nitrogens is 1.